The Morgan fingerprint density at radius 3 is 1.95 bits per heavy atom. The van der Waals surface area contributed by atoms with E-state index in [1.165, 1.54) is 35.7 Å². The molecule has 308 valence electrons. The summed E-state index contributed by atoms with van der Waals surface area (Å²) in [5.41, 5.74) is 1.53. The smallest absolute Gasteiger partial charge is 0.253 e. The van der Waals surface area contributed by atoms with Gasteiger partial charge in [-0.2, -0.15) is 0 Å². The summed E-state index contributed by atoms with van der Waals surface area (Å²) in [5, 5.41) is 36.3. The van der Waals surface area contributed by atoms with Gasteiger partial charge < -0.3 is 39.7 Å². The van der Waals surface area contributed by atoms with Crippen LogP contribution < -0.4 is 25.4 Å². The molecule has 0 bridgehead atoms. The van der Waals surface area contributed by atoms with Crippen LogP contribution in [-0.2, 0) is 23.7 Å². The number of nitrogens with one attached hydrogen (secondary N) is 3. The molecular formula is C40H41Cl2N9O6S2. The highest BCUT2D eigenvalue weighted by Gasteiger charge is 2.21. The number of para-hydroxylation sites is 1. The Hall–Kier alpha value is -5.75. The zero-order chi connectivity index (χ0) is 42.5. The number of aromatic nitrogens is 6. The third kappa shape index (κ3) is 12.9. The van der Waals surface area contributed by atoms with Gasteiger partial charge in [0.2, 0.25) is 11.8 Å². The summed E-state index contributed by atoms with van der Waals surface area (Å²) in [4.78, 5) is 36.9. The Balaban J connectivity index is 0.000000227. The molecule has 59 heavy (non-hydrogen) atoms. The predicted octanol–water partition coefficient (Wildman–Crippen LogP) is 7.74. The number of aromatic hydroxyl groups is 1. The predicted molar refractivity (Wildman–Crippen MR) is 230 cm³/mol. The van der Waals surface area contributed by atoms with Crippen LogP contribution in [0.2, 0.25) is 10.0 Å². The van der Waals surface area contributed by atoms with Crippen molar-refractivity contribution in [3.8, 4) is 17.2 Å². The molecule has 0 fully saturated rings. The van der Waals surface area contributed by atoms with Crippen LogP contribution in [0.25, 0.3) is 0 Å². The van der Waals surface area contributed by atoms with Gasteiger partial charge in [0, 0.05) is 36.6 Å². The molecule has 6 aromatic rings. The second kappa shape index (κ2) is 21.3. The van der Waals surface area contributed by atoms with E-state index in [-0.39, 0.29) is 46.1 Å². The second-order valence-electron chi connectivity index (χ2n) is 12.6. The van der Waals surface area contributed by atoms with Crippen molar-refractivity contribution in [1.29, 1.82) is 0 Å². The molecule has 0 aliphatic carbocycles. The summed E-state index contributed by atoms with van der Waals surface area (Å²) >= 11 is 14.5. The van der Waals surface area contributed by atoms with Gasteiger partial charge in [0.25, 0.3) is 5.91 Å². The molecule has 0 saturated carbocycles. The van der Waals surface area contributed by atoms with Crippen molar-refractivity contribution in [3.05, 3.63) is 124 Å². The molecule has 3 amide bonds. The van der Waals surface area contributed by atoms with Crippen LogP contribution in [0.15, 0.2) is 107 Å². The molecule has 0 aliphatic heterocycles. The maximum Gasteiger partial charge on any atom is 0.253 e. The summed E-state index contributed by atoms with van der Waals surface area (Å²) in [7, 11) is 5.20. The van der Waals surface area contributed by atoms with Crippen molar-refractivity contribution >= 4 is 75.8 Å². The standard InChI is InChI=1S/C21H21Cl2N5O3S.C19H20N4O3S/c1-12(24-20(30)16-9-4-13(22)10-17(16)23)19-26-27-21(28(19)2)32-11-18(29)25-14-5-7-15(31-3)8-6-14;1-13(26-16-9-4-3-5-10-16)18-21-22-19(23(18)2)27-12-17(25)20-14-7-6-8-15(24)11-14/h4-10,12H,11H2,1-3H3,(H,24,30)(H,25,29);3-11,13,24H,12H2,1-2H3,(H,20,25). The van der Waals surface area contributed by atoms with Gasteiger partial charge in [-0.25, -0.2) is 0 Å². The highest BCUT2D eigenvalue weighted by Crippen LogP contribution is 2.26. The molecule has 4 aromatic carbocycles. The number of halogens is 2. The zero-order valence-corrected chi connectivity index (χ0v) is 35.7. The highest BCUT2D eigenvalue weighted by molar-refractivity contribution is 8.00. The number of phenols is 1. The first-order chi connectivity index (χ1) is 28.3. The Bertz CT molecular complexity index is 2360. The average Bonchev–Trinajstić information content (AvgIpc) is 3.78. The van der Waals surface area contributed by atoms with Crippen LogP contribution in [-0.4, -0.2) is 71.0 Å². The summed E-state index contributed by atoms with van der Waals surface area (Å²) < 4.78 is 14.5. The maximum atomic E-state index is 12.5. The van der Waals surface area contributed by atoms with Crippen molar-refractivity contribution in [3.63, 3.8) is 0 Å². The monoisotopic (exact) mass is 877 g/mol. The van der Waals surface area contributed by atoms with E-state index in [9.17, 15) is 19.5 Å². The van der Waals surface area contributed by atoms with E-state index in [4.69, 9.17) is 32.7 Å². The molecule has 2 unspecified atom stereocenters. The lowest BCUT2D eigenvalue weighted by Crippen LogP contribution is -2.28. The van der Waals surface area contributed by atoms with Gasteiger partial charge in [0.05, 0.1) is 35.2 Å². The molecule has 0 spiro atoms. The molecule has 15 nitrogen and oxygen atoms in total. The molecule has 4 N–H and O–H groups in total. The highest BCUT2D eigenvalue weighted by atomic mass is 35.5. The van der Waals surface area contributed by atoms with E-state index >= 15 is 0 Å². The molecule has 0 saturated heterocycles. The first kappa shape index (κ1) is 44.4. The number of anilines is 2. The van der Waals surface area contributed by atoms with Crippen LogP contribution in [0.4, 0.5) is 11.4 Å². The summed E-state index contributed by atoms with van der Waals surface area (Å²) in [6.45, 7) is 3.69. The number of hydrogen-bond acceptors (Lipinski definition) is 12. The van der Waals surface area contributed by atoms with Crippen LogP contribution >= 0.6 is 46.7 Å². The Morgan fingerprint density at radius 2 is 1.34 bits per heavy atom. The molecule has 19 heteroatoms. The molecule has 2 heterocycles. The number of thioether (sulfide) groups is 2. The zero-order valence-electron chi connectivity index (χ0n) is 32.6. The van der Waals surface area contributed by atoms with Gasteiger partial charge in [0.15, 0.2) is 28.1 Å². The number of methoxy groups -OCH3 is 1. The lowest BCUT2D eigenvalue weighted by Gasteiger charge is -2.14. The molecular weight excluding hydrogens is 838 g/mol. The first-order valence-electron chi connectivity index (χ1n) is 17.9. The molecule has 6 rings (SSSR count). The van der Waals surface area contributed by atoms with E-state index in [2.05, 4.69) is 36.3 Å². The van der Waals surface area contributed by atoms with Gasteiger partial charge in [-0.15, -0.1) is 20.4 Å². The lowest BCUT2D eigenvalue weighted by atomic mass is 10.2. The second-order valence-corrected chi connectivity index (χ2v) is 15.4. The number of benzene rings is 4. The van der Waals surface area contributed by atoms with Crippen molar-refractivity contribution in [1.82, 2.24) is 34.8 Å². The molecule has 0 aliphatic rings. The normalized spacial score (nSPS) is 11.7. The Labute approximate surface area is 359 Å². The van der Waals surface area contributed by atoms with Crippen molar-refractivity contribution < 1.29 is 29.0 Å². The Morgan fingerprint density at radius 1 is 0.729 bits per heavy atom. The van der Waals surface area contributed by atoms with Crippen molar-refractivity contribution in [2.75, 3.05) is 29.2 Å². The first-order valence-corrected chi connectivity index (χ1v) is 20.6. The van der Waals surface area contributed by atoms with E-state index in [1.807, 2.05) is 48.9 Å². The molecule has 2 aromatic heterocycles. The minimum absolute atomic E-state index is 0.103. The number of rotatable bonds is 15. The minimum atomic E-state index is -0.436. The van der Waals surface area contributed by atoms with Crippen LogP contribution in [0, 0.1) is 0 Å². The van der Waals surface area contributed by atoms with Gasteiger partial charge >= 0.3 is 0 Å². The van der Waals surface area contributed by atoms with E-state index < -0.39 is 6.04 Å². The van der Waals surface area contributed by atoms with Gasteiger partial charge in [-0.1, -0.05) is 71.0 Å². The quantitative estimate of drug-likeness (QED) is 0.0737. The average molecular weight is 879 g/mol. The van der Waals surface area contributed by atoms with Crippen LogP contribution in [0.1, 0.15) is 48.0 Å². The maximum absolute atomic E-state index is 12.5. The van der Waals surface area contributed by atoms with Crippen molar-refractivity contribution in [2.45, 2.75) is 36.3 Å². The number of nitrogens with zero attached hydrogens (tertiary/aromatic N) is 6. The number of carbonyl (C=O) groups is 3. The largest absolute Gasteiger partial charge is 0.508 e. The third-order valence-electron chi connectivity index (χ3n) is 8.24. The minimum Gasteiger partial charge on any atom is -0.508 e. The van der Waals surface area contributed by atoms with Crippen molar-refractivity contribution in [2.24, 2.45) is 14.1 Å². The summed E-state index contributed by atoms with van der Waals surface area (Å²) in [6, 6.07) is 27.2. The molecule has 2 atom stereocenters. The lowest BCUT2D eigenvalue weighted by molar-refractivity contribution is -0.114. The van der Waals surface area contributed by atoms with Gasteiger partial charge in [-0.3, -0.25) is 14.4 Å². The SMILES string of the molecule is CC(Oc1ccccc1)c1nnc(SCC(=O)Nc2cccc(O)c2)n1C.COc1ccc(NC(=O)CSc2nnc(C(C)NC(=O)c3ccc(Cl)cc3Cl)n2C)cc1. The number of carbonyl (C=O) groups excluding carboxylic acids is 3. The van der Waals surface area contributed by atoms with E-state index in [0.29, 0.717) is 49.7 Å². The number of ether oxygens (including phenoxy) is 2. The number of phenolic OH excluding ortho intramolecular Hbond substituents is 1. The van der Waals surface area contributed by atoms with E-state index in [1.54, 1.807) is 80.2 Å². The van der Waals surface area contributed by atoms with Gasteiger partial charge in [-0.05, 0) is 80.6 Å². The number of hydrogen-bond donors (Lipinski definition) is 4. The summed E-state index contributed by atoms with van der Waals surface area (Å²) in [6.07, 6.45) is -0.277. The third-order valence-corrected chi connectivity index (χ3v) is 10.8. The fraction of sp³-hybridized carbons (Fsp3) is 0.225. The van der Waals surface area contributed by atoms with Crippen LogP contribution in [0.3, 0.4) is 0 Å². The number of amides is 3. The Kier molecular flexibility index (Phi) is 16.0. The van der Waals surface area contributed by atoms with Gasteiger partial charge in [0.1, 0.15) is 17.2 Å². The fourth-order valence-corrected chi connectivity index (χ4v) is 7.25. The van der Waals surface area contributed by atoms with E-state index in [0.717, 1.165) is 5.75 Å². The summed E-state index contributed by atoms with van der Waals surface area (Å²) in [5.74, 6) is 2.40. The van der Waals surface area contributed by atoms with Crippen LogP contribution in [0.5, 0.6) is 17.2 Å². The molecule has 0 radical (unpaired) electrons. The fourth-order valence-electron chi connectivity index (χ4n) is 5.32. The topological polar surface area (TPSA) is 187 Å².